The van der Waals surface area contributed by atoms with Crippen LogP contribution in [0.2, 0.25) is 0 Å². The van der Waals surface area contributed by atoms with Gasteiger partial charge in [-0.1, -0.05) is 0 Å². The highest BCUT2D eigenvalue weighted by Gasteiger charge is 2.34. The van der Waals surface area contributed by atoms with Gasteiger partial charge in [0.15, 0.2) is 0 Å². The third kappa shape index (κ3) is 2.38. The summed E-state index contributed by atoms with van der Waals surface area (Å²) in [7, 11) is 0. The molecule has 1 aliphatic rings. The molecule has 0 aliphatic carbocycles. The molecule has 0 radical (unpaired) electrons. The Morgan fingerprint density at radius 1 is 1.56 bits per heavy atom. The summed E-state index contributed by atoms with van der Waals surface area (Å²) in [6, 6.07) is 0. The molecule has 1 aromatic rings. The van der Waals surface area contributed by atoms with Crippen molar-refractivity contribution in [1.29, 1.82) is 0 Å². The molecule has 7 nitrogen and oxygen atoms in total. The molecule has 0 bridgehead atoms. The highest BCUT2D eigenvalue weighted by atomic mass is 16.5. The van der Waals surface area contributed by atoms with Gasteiger partial charge in [-0.2, -0.15) is 0 Å². The Morgan fingerprint density at radius 2 is 2.28 bits per heavy atom. The lowest BCUT2D eigenvalue weighted by molar-refractivity contribution is -0.0307. The number of rotatable bonds is 3. The molecule has 3 atom stereocenters. The van der Waals surface area contributed by atoms with E-state index in [2.05, 4.69) is 4.98 Å². The number of hydrogen-bond acceptors (Lipinski definition) is 5. The predicted molar refractivity (Wildman–Crippen MR) is 62.3 cm³/mol. The van der Waals surface area contributed by atoms with Crippen LogP contribution in [-0.2, 0) is 4.74 Å². The van der Waals surface area contributed by atoms with Gasteiger partial charge in [0.05, 0.1) is 12.2 Å². The van der Waals surface area contributed by atoms with Crippen LogP contribution in [-0.4, -0.2) is 38.6 Å². The van der Waals surface area contributed by atoms with Crippen LogP contribution in [0, 0.1) is 6.92 Å². The molecular formula is C11H16N2O5. The summed E-state index contributed by atoms with van der Waals surface area (Å²) in [5.74, 6) is 0. The van der Waals surface area contributed by atoms with E-state index in [1.807, 2.05) is 0 Å². The summed E-state index contributed by atoms with van der Waals surface area (Å²) in [6.07, 6.45) is 0.171. The summed E-state index contributed by atoms with van der Waals surface area (Å²) >= 11 is 0. The molecule has 3 unspecified atom stereocenters. The topological polar surface area (TPSA) is 105 Å². The molecule has 7 heteroatoms. The zero-order valence-electron chi connectivity index (χ0n) is 10.00. The first-order chi connectivity index (χ1) is 8.52. The Labute approximate surface area is 103 Å². The highest BCUT2D eigenvalue weighted by Crippen LogP contribution is 2.29. The number of aliphatic hydroxyl groups excluding tert-OH is 2. The maximum Gasteiger partial charge on any atom is 0.330 e. The Bertz CT molecular complexity index is 535. The van der Waals surface area contributed by atoms with E-state index in [4.69, 9.17) is 9.84 Å². The second-order valence-corrected chi connectivity index (χ2v) is 4.42. The van der Waals surface area contributed by atoms with Crippen molar-refractivity contribution in [2.24, 2.45) is 0 Å². The van der Waals surface area contributed by atoms with Crippen molar-refractivity contribution in [2.75, 3.05) is 6.61 Å². The number of nitrogens with zero attached hydrogens (tertiary/aromatic N) is 1. The maximum absolute atomic E-state index is 11.6. The zero-order valence-corrected chi connectivity index (χ0v) is 10.00. The van der Waals surface area contributed by atoms with Crippen LogP contribution >= 0.6 is 0 Å². The number of aromatic nitrogens is 2. The average Bonchev–Trinajstić information content (AvgIpc) is 2.66. The fourth-order valence-corrected chi connectivity index (χ4v) is 2.07. The molecular weight excluding hydrogens is 240 g/mol. The van der Waals surface area contributed by atoms with Crippen LogP contribution < -0.4 is 11.2 Å². The third-order valence-corrected chi connectivity index (χ3v) is 3.07. The molecule has 100 valence electrons. The van der Waals surface area contributed by atoms with E-state index in [9.17, 15) is 14.7 Å². The Balaban J connectivity index is 2.26. The third-order valence-electron chi connectivity index (χ3n) is 3.07. The van der Waals surface area contributed by atoms with Gasteiger partial charge in [0.2, 0.25) is 0 Å². The molecule has 0 amide bonds. The lowest BCUT2D eigenvalue weighted by Crippen LogP contribution is -2.33. The van der Waals surface area contributed by atoms with Crippen molar-refractivity contribution in [3.63, 3.8) is 0 Å². The van der Waals surface area contributed by atoms with Gasteiger partial charge < -0.3 is 14.9 Å². The van der Waals surface area contributed by atoms with Crippen LogP contribution in [0.15, 0.2) is 15.8 Å². The second-order valence-electron chi connectivity index (χ2n) is 4.42. The van der Waals surface area contributed by atoms with Gasteiger partial charge in [0.1, 0.15) is 6.23 Å². The summed E-state index contributed by atoms with van der Waals surface area (Å²) in [5.41, 5.74) is -0.590. The largest absolute Gasteiger partial charge is 0.396 e. The quantitative estimate of drug-likeness (QED) is 0.635. The molecule has 1 aromatic heterocycles. The standard InChI is InChI=1S/C11H16N2O5/c1-6-5-13(11(17)12-10(6)16)9-4-7(15)8(18-9)2-3-14/h5,7-9,14-15H,2-4H2,1H3,(H,12,16,17). The first-order valence-electron chi connectivity index (χ1n) is 5.79. The van der Waals surface area contributed by atoms with Crippen LogP contribution in [0.4, 0.5) is 0 Å². The molecule has 3 N–H and O–H groups in total. The molecule has 0 aromatic carbocycles. The summed E-state index contributed by atoms with van der Waals surface area (Å²) in [5, 5.41) is 18.6. The lowest BCUT2D eigenvalue weighted by atomic mass is 10.1. The lowest BCUT2D eigenvalue weighted by Gasteiger charge is -2.15. The van der Waals surface area contributed by atoms with Gasteiger partial charge in [-0.15, -0.1) is 0 Å². The van der Waals surface area contributed by atoms with Crippen LogP contribution in [0.25, 0.3) is 0 Å². The summed E-state index contributed by atoms with van der Waals surface area (Å²) in [6.45, 7) is 1.50. The van der Waals surface area contributed by atoms with Crippen LogP contribution in [0.1, 0.15) is 24.6 Å². The molecule has 18 heavy (non-hydrogen) atoms. The molecule has 1 aliphatic heterocycles. The minimum atomic E-state index is -0.721. The molecule has 0 spiro atoms. The predicted octanol–water partition coefficient (Wildman–Crippen LogP) is -1.12. The fourth-order valence-electron chi connectivity index (χ4n) is 2.07. The van der Waals surface area contributed by atoms with Gasteiger partial charge in [-0.3, -0.25) is 14.3 Å². The van der Waals surface area contributed by atoms with Crippen molar-refractivity contribution in [1.82, 2.24) is 9.55 Å². The van der Waals surface area contributed by atoms with E-state index in [-0.39, 0.29) is 13.0 Å². The molecule has 2 rings (SSSR count). The van der Waals surface area contributed by atoms with Gasteiger partial charge in [-0.25, -0.2) is 4.79 Å². The number of hydrogen-bond donors (Lipinski definition) is 3. The van der Waals surface area contributed by atoms with Crippen molar-refractivity contribution >= 4 is 0 Å². The molecule has 2 heterocycles. The number of H-pyrrole nitrogens is 1. The summed E-state index contributed by atoms with van der Waals surface area (Å²) < 4.78 is 6.77. The minimum absolute atomic E-state index is 0.0893. The van der Waals surface area contributed by atoms with Crippen molar-refractivity contribution in [3.8, 4) is 0 Å². The fraction of sp³-hybridized carbons (Fsp3) is 0.636. The van der Waals surface area contributed by atoms with E-state index < -0.39 is 29.7 Å². The molecule has 0 saturated carbocycles. The Kier molecular flexibility index (Phi) is 3.65. The maximum atomic E-state index is 11.6. The Morgan fingerprint density at radius 3 is 2.94 bits per heavy atom. The number of aliphatic hydroxyl groups is 2. The molecule has 1 saturated heterocycles. The monoisotopic (exact) mass is 256 g/mol. The second kappa shape index (κ2) is 5.05. The van der Waals surface area contributed by atoms with Gasteiger partial charge >= 0.3 is 5.69 Å². The highest BCUT2D eigenvalue weighted by molar-refractivity contribution is 5.02. The number of aromatic amines is 1. The van der Waals surface area contributed by atoms with Crippen LogP contribution in [0.3, 0.4) is 0 Å². The Hall–Kier alpha value is -1.44. The SMILES string of the molecule is Cc1cn(C2CC(O)C(CCO)O2)c(=O)[nH]c1=O. The normalized spacial score (nSPS) is 27.6. The van der Waals surface area contributed by atoms with E-state index in [1.54, 1.807) is 6.92 Å². The number of ether oxygens (including phenoxy) is 1. The van der Waals surface area contributed by atoms with E-state index >= 15 is 0 Å². The van der Waals surface area contributed by atoms with Crippen LogP contribution in [0.5, 0.6) is 0 Å². The minimum Gasteiger partial charge on any atom is -0.396 e. The number of nitrogens with one attached hydrogen (secondary N) is 1. The van der Waals surface area contributed by atoms with Gasteiger partial charge in [-0.05, 0) is 13.3 Å². The zero-order chi connectivity index (χ0) is 13.3. The first-order valence-corrected chi connectivity index (χ1v) is 5.79. The van der Waals surface area contributed by atoms with E-state index in [0.29, 0.717) is 12.0 Å². The molecule has 1 fully saturated rings. The van der Waals surface area contributed by atoms with E-state index in [1.165, 1.54) is 10.8 Å². The first kappa shape index (κ1) is 13.0. The average molecular weight is 256 g/mol. The van der Waals surface area contributed by atoms with E-state index in [0.717, 1.165) is 0 Å². The smallest absolute Gasteiger partial charge is 0.330 e. The van der Waals surface area contributed by atoms with Crippen molar-refractivity contribution in [2.45, 2.75) is 38.2 Å². The van der Waals surface area contributed by atoms with Gasteiger partial charge in [0, 0.05) is 24.8 Å². The number of aryl methyl sites for hydroxylation is 1. The van der Waals surface area contributed by atoms with Gasteiger partial charge in [0.25, 0.3) is 5.56 Å². The van der Waals surface area contributed by atoms with Crippen molar-refractivity contribution < 1.29 is 14.9 Å². The van der Waals surface area contributed by atoms with Crippen molar-refractivity contribution in [3.05, 3.63) is 32.6 Å². The summed E-state index contributed by atoms with van der Waals surface area (Å²) in [4.78, 5) is 25.1.